The summed E-state index contributed by atoms with van der Waals surface area (Å²) in [4.78, 5) is 45.5. The van der Waals surface area contributed by atoms with Crippen molar-refractivity contribution in [1.29, 1.82) is 0 Å². The van der Waals surface area contributed by atoms with Gasteiger partial charge in [0.1, 0.15) is 23.7 Å². The molecular formula is C27H30N8O5. The van der Waals surface area contributed by atoms with Crippen molar-refractivity contribution in [2.45, 2.75) is 31.6 Å². The third-order valence-electron chi connectivity index (χ3n) is 6.92. The summed E-state index contributed by atoms with van der Waals surface area (Å²) in [5.41, 5.74) is 2.42. The minimum atomic E-state index is -0.466. The highest BCUT2D eigenvalue weighted by Gasteiger charge is 2.33. The van der Waals surface area contributed by atoms with Gasteiger partial charge in [0.2, 0.25) is 5.88 Å². The summed E-state index contributed by atoms with van der Waals surface area (Å²) in [7, 11) is 2.08. The van der Waals surface area contributed by atoms with E-state index in [-0.39, 0.29) is 24.7 Å². The predicted octanol–water partition coefficient (Wildman–Crippen LogP) is 1.85. The molecule has 6 rings (SSSR count). The lowest BCUT2D eigenvalue weighted by molar-refractivity contribution is -0.118. The second-order valence-corrected chi connectivity index (χ2v) is 10.0. The van der Waals surface area contributed by atoms with Gasteiger partial charge in [-0.1, -0.05) is 0 Å². The predicted molar refractivity (Wildman–Crippen MR) is 144 cm³/mol. The van der Waals surface area contributed by atoms with Crippen molar-refractivity contribution >= 4 is 23.6 Å². The normalized spacial score (nSPS) is 20.6. The molecule has 0 bridgehead atoms. The van der Waals surface area contributed by atoms with E-state index in [1.54, 1.807) is 30.7 Å². The number of hydrogen-bond donors (Lipinski definition) is 2. The van der Waals surface area contributed by atoms with Crippen molar-refractivity contribution in [1.82, 2.24) is 30.2 Å². The number of amides is 2. The lowest BCUT2D eigenvalue weighted by Crippen LogP contribution is -2.29. The Morgan fingerprint density at radius 3 is 2.95 bits per heavy atom. The maximum absolute atomic E-state index is 12.5. The summed E-state index contributed by atoms with van der Waals surface area (Å²) in [5, 5.41) is 6.06. The van der Waals surface area contributed by atoms with Crippen molar-refractivity contribution in [3.63, 3.8) is 0 Å². The number of nitrogens with zero attached hydrogens (tertiary/aromatic N) is 6. The third-order valence-corrected chi connectivity index (χ3v) is 6.92. The summed E-state index contributed by atoms with van der Waals surface area (Å²) in [6.07, 6.45) is 6.05. The van der Waals surface area contributed by atoms with Gasteiger partial charge in [-0.05, 0) is 56.3 Å². The van der Waals surface area contributed by atoms with Gasteiger partial charge in [0.25, 0.3) is 5.91 Å². The number of aromatic nitrogens is 4. The van der Waals surface area contributed by atoms with Crippen LogP contribution in [0, 0.1) is 0 Å². The molecule has 3 aliphatic rings. The molecule has 0 aromatic carbocycles. The SMILES string of the molecule is CN1CC[C@H](Oc2cncc(-c3cc(CNCC[C@H]4CN(c5ccc6c(n5)NC(=O)CO6)C(=O)O4)ccn3)n2)C1. The van der Waals surface area contributed by atoms with Gasteiger partial charge in [0.05, 0.1) is 24.6 Å². The van der Waals surface area contributed by atoms with E-state index < -0.39 is 6.09 Å². The number of likely N-dealkylation sites (tertiary alicyclic amines) is 1. The Balaban J connectivity index is 0.997. The molecule has 0 saturated carbocycles. The Morgan fingerprint density at radius 1 is 1.15 bits per heavy atom. The van der Waals surface area contributed by atoms with Crippen LogP contribution in [0.25, 0.3) is 11.4 Å². The molecule has 3 aromatic heterocycles. The average molecular weight is 547 g/mol. The standard InChI is InChI=1S/C27H30N8O5/c1-34-9-6-19(14-34)39-25-13-29-12-21(31-25)20-10-17(4-8-30-20)11-28-7-5-18-15-35(27(37)40-18)23-3-2-22-26(32-23)33-24(36)16-38-22/h2-4,8,10,12-13,18-19,28H,5-7,9,11,14-16H2,1H3,(H,32,33,36)/t18-,19-/m0/s1. The van der Waals surface area contributed by atoms with E-state index in [4.69, 9.17) is 14.2 Å². The van der Waals surface area contributed by atoms with Crippen LogP contribution >= 0.6 is 0 Å². The summed E-state index contributed by atoms with van der Waals surface area (Å²) in [6, 6.07) is 7.29. The van der Waals surface area contributed by atoms with Gasteiger partial charge in [-0.25, -0.2) is 14.8 Å². The zero-order valence-corrected chi connectivity index (χ0v) is 22.1. The lowest BCUT2D eigenvalue weighted by Gasteiger charge is -2.19. The van der Waals surface area contributed by atoms with Crippen LogP contribution in [0.2, 0.25) is 0 Å². The molecule has 208 valence electrons. The minimum absolute atomic E-state index is 0.0511. The Labute approximate surface area is 230 Å². The van der Waals surface area contributed by atoms with E-state index in [2.05, 4.69) is 42.5 Å². The van der Waals surface area contributed by atoms with E-state index in [9.17, 15) is 9.59 Å². The number of anilines is 2. The second kappa shape index (κ2) is 11.4. The fourth-order valence-electron chi connectivity index (χ4n) is 4.87. The number of fused-ring (bicyclic) bond motifs is 1. The number of carbonyl (C=O) groups is 2. The number of hydrogen-bond acceptors (Lipinski definition) is 11. The highest BCUT2D eigenvalue weighted by atomic mass is 16.6. The molecule has 0 spiro atoms. The monoisotopic (exact) mass is 546 g/mol. The fourth-order valence-corrected chi connectivity index (χ4v) is 4.87. The first-order valence-corrected chi connectivity index (χ1v) is 13.3. The van der Waals surface area contributed by atoms with Gasteiger partial charge in [-0.15, -0.1) is 0 Å². The second-order valence-electron chi connectivity index (χ2n) is 10.0. The molecule has 3 aromatic rings. The smallest absolute Gasteiger partial charge is 0.415 e. The van der Waals surface area contributed by atoms with Crippen molar-refractivity contribution in [2.75, 3.05) is 50.1 Å². The molecule has 2 N–H and O–H groups in total. The molecule has 2 fully saturated rings. The third kappa shape index (κ3) is 5.95. The number of ether oxygens (including phenoxy) is 3. The summed E-state index contributed by atoms with van der Waals surface area (Å²) < 4.78 is 16.9. The molecule has 2 atom stereocenters. The maximum atomic E-state index is 12.5. The van der Waals surface area contributed by atoms with Gasteiger partial charge >= 0.3 is 6.09 Å². The minimum Gasteiger partial charge on any atom is -0.480 e. The Bertz CT molecular complexity index is 1400. The van der Waals surface area contributed by atoms with Gasteiger partial charge < -0.3 is 29.7 Å². The van der Waals surface area contributed by atoms with Crippen molar-refractivity contribution in [3.8, 4) is 23.0 Å². The van der Waals surface area contributed by atoms with Crippen LogP contribution in [-0.4, -0.2) is 88.9 Å². The largest absolute Gasteiger partial charge is 0.480 e. The van der Waals surface area contributed by atoms with Crippen LogP contribution in [0.4, 0.5) is 16.4 Å². The van der Waals surface area contributed by atoms with Crippen molar-refractivity contribution in [2.24, 2.45) is 0 Å². The molecule has 0 unspecified atom stereocenters. The van der Waals surface area contributed by atoms with Crippen LogP contribution in [0.15, 0.2) is 42.9 Å². The summed E-state index contributed by atoms with van der Waals surface area (Å²) in [5.74, 6) is 1.40. The zero-order chi connectivity index (χ0) is 27.5. The molecule has 13 heteroatoms. The molecule has 3 aliphatic heterocycles. The van der Waals surface area contributed by atoms with Gasteiger partial charge in [0, 0.05) is 25.8 Å². The number of pyridine rings is 2. The Hall–Kier alpha value is -4.36. The first kappa shape index (κ1) is 25.9. The van der Waals surface area contributed by atoms with Crippen molar-refractivity contribution < 1.29 is 23.8 Å². The molecule has 6 heterocycles. The van der Waals surface area contributed by atoms with Crippen LogP contribution < -0.4 is 25.0 Å². The Kier molecular flexibility index (Phi) is 7.38. The highest BCUT2D eigenvalue weighted by molar-refractivity contribution is 5.95. The molecule has 2 saturated heterocycles. The quantitative estimate of drug-likeness (QED) is 0.380. The molecule has 2 amide bonds. The average Bonchev–Trinajstić information content (AvgIpc) is 3.55. The summed E-state index contributed by atoms with van der Waals surface area (Å²) in [6.45, 7) is 3.47. The van der Waals surface area contributed by atoms with Crippen LogP contribution in [0.5, 0.6) is 11.6 Å². The first-order valence-electron chi connectivity index (χ1n) is 13.3. The number of likely N-dealkylation sites (N-methyl/N-ethyl adjacent to an activating group) is 1. The highest BCUT2D eigenvalue weighted by Crippen LogP contribution is 2.30. The number of carbonyl (C=O) groups excluding carboxylic acids is 2. The van der Waals surface area contributed by atoms with E-state index in [0.717, 1.165) is 30.8 Å². The summed E-state index contributed by atoms with van der Waals surface area (Å²) >= 11 is 0. The van der Waals surface area contributed by atoms with Crippen LogP contribution in [-0.2, 0) is 16.1 Å². The molecular weight excluding hydrogens is 516 g/mol. The topological polar surface area (TPSA) is 144 Å². The molecule has 13 nitrogen and oxygen atoms in total. The number of nitrogens with one attached hydrogen (secondary N) is 2. The number of rotatable bonds is 9. The van der Waals surface area contributed by atoms with Gasteiger partial charge in [-0.2, -0.15) is 0 Å². The Morgan fingerprint density at radius 2 is 2.08 bits per heavy atom. The van der Waals surface area contributed by atoms with Gasteiger partial charge in [-0.3, -0.25) is 19.7 Å². The van der Waals surface area contributed by atoms with E-state index in [0.29, 0.717) is 55.0 Å². The van der Waals surface area contributed by atoms with Crippen LogP contribution in [0.1, 0.15) is 18.4 Å². The number of cyclic esters (lactones) is 1. The molecule has 40 heavy (non-hydrogen) atoms. The first-order chi connectivity index (χ1) is 19.5. The van der Waals surface area contributed by atoms with E-state index >= 15 is 0 Å². The van der Waals surface area contributed by atoms with Crippen LogP contribution in [0.3, 0.4) is 0 Å². The van der Waals surface area contributed by atoms with E-state index in [1.807, 2.05) is 12.1 Å². The maximum Gasteiger partial charge on any atom is 0.415 e. The zero-order valence-electron chi connectivity index (χ0n) is 22.1. The van der Waals surface area contributed by atoms with Gasteiger partial charge in [0.15, 0.2) is 18.2 Å². The van der Waals surface area contributed by atoms with E-state index in [1.165, 1.54) is 4.90 Å². The molecule has 0 radical (unpaired) electrons. The lowest BCUT2D eigenvalue weighted by atomic mass is 10.2. The molecule has 0 aliphatic carbocycles. The van der Waals surface area contributed by atoms with Crippen molar-refractivity contribution in [3.05, 3.63) is 48.4 Å². The fraction of sp³-hybridized carbons (Fsp3) is 0.407.